The normalized spacial score (nSPS) is 10.5. The first kappa shape index (κ1) is 11.4. The van der Waals surface area contributed by atoms with E-state index in [1.165, 1.54) is 12.1 Å². The van der Waals surface area contributed by atoms with Gasteiger partial charge in [0.25, 0.3) is 0 Å². The second-order valence-corrected chi connectivity index (χ2v) is 4.40. The molecule has 0 atom stereocenters. The Bertz CT molecular complexity index is 535. The quantitative estimate of drug-likeness (QED) is 0.664. The van der Waals surface area contributed by atoms with Gasteiger partial charge in [-0.05, 0) is 47.9 Å². The van der Waals surface area contributed by atoms with Crippen molar-refractivity contribution >= 4 is 23.2 Å². The lowest BCUT2D eigenvalue weighted by Gasteiger charge is -2.07. The molecule has 0 fully saturated rings. The minimum atomic E-state index is -0.258. The molecule has 2 rings (SSSR count). The van der Waals surface area contributed by atoms with Gasteiger partial charge in [-0.2, -0.15) is 0 Å². The monoisotopic (exact) mass is 254 g/mol. The highest BCUT2D eigenvalue weighted by Crippen LogP contribution is 2.30. The molecule has 0 aliphatic rings. The summed E-state index contributed by atoms with van der Waals surface area (Å²) in [6.45, 7) is 1.93. The van der Waals surface area contributed by atoms with Gasteiger partial charge in [-0.3, -0.25) is 0 Å². The maximum Gasteiger partial charge on any atom is 0.123 e. The van der Waals surface area contributed by atoms with Crippen LogP contribution in [0.2, 0.25) is 10.0 Å². The fraction of sp³-hybridized carbons (Fsp3) is 0.0769. The minimum absolute atomic E-state index is 0.258. The molecule has 0 aromatic heterocycles. The fourth-order valence-electron chi connectivity index (χ4n) is 1.57. The second-order valence-electron chi connectivity index (χ2n) is 3.59. The van der Waals surface area contributed by atoms with Crippen molar-refractivity contribution in [2.45, 2.75) is 6.92 Å². The first-order chi connectivity index (χ1) is 7.58. The van der Waals surface area contributed by atoms with Crippen molar-refractivity contribution in [3.8, 4) is 11.1 Å². The van der Waals surface area contributed by atoms with Gasteiger partial charge in [-0.25, -0.2) is 4.39 Å². The van der Waals surface area contributed by atoms with Crippen LogP contribution < -0.4 is 0 Å². The molecule has 0 aliphatic heterocycles. The SMILES string of the molecule is Cc1ccc(F)cc1-c1ccc(Cl)c(Cl)c1. The number of benzene rings is 2. The Balaban J connectivity index is 2.58. The van der Waals surface area contributed by atoms with Gasteiger partial charge in [0.15, 0.2) is 0 Å². The molecular weight excluding hydrogens is 246 g/mol. The van der Waals surface area contributed by atoms with Crippen LogP contribution in [0.25, 0.3) is 11.1 Å². The number of aryl methyl sites for hydroxylation is 1. The Morgan fingerprint density at radius 2 is 1.69 bits per heavy atom. The van der Waals surface area contributed by atoms with Crippen LogP contribution in [0.1, 0.15) is 5.56 Å². The van der Waals surface area contributed by atoms with E-state index in [0.717, 1.165) is 16.7 Å². The average molecular weight is 255 g/mol. The van der Waals surface area contributed by atoms with E-state index in [4.69, 9.17) is 23.2 Å². The highest BCUT2D eigenvalue weighted by Gasteiger charge is 2.05. The first-order valence-corrected chi connectivity index (χ1v) is 5.55. The van der Waals surface area contributed by atoms with Crippen molar-refractivity contribution in [3.05, 3.63) is 57.8 Å². The third-order valence-corrected chi connectivity index (χ3v) is 3.17. The molecule has 0 spiro atoms. The van der Waals surface area contributed by atoms with Gasteiger partial charge < -0.3 is 0 Å². The summed E-state index contributed by atoms with van der Waals surface area (Å²) < 4.78 is 13.2. The van der Waals surface area contributed by atoms with Crippen LogP contribution in [-0.4, -0.2) is 0 Å². The van der Waals surface area contributed by atoms with Crippen molar-refractivity contribution < 1.29 is 4.39 Å². The van der Waals surface area contributed by atoms with Gasteiger partial charge in [0.1, 0.15) is 5.82 Å². The van der Waals surface area contributed by atoms with Crippen LogP contribution in [0.5, 0.6) is 0 Å². The van der Waals surface area contributed by atoms with Crippen LogP contribution in [-0.2, 0) is 0 Å². The van der Waals surface area contributed by atoms with Crippen molar-refractivity contribution in [1.82, 2.24) is 0 Å². The maximum atomic E-state index is 13.2. The van der Waals surface area contributed by atoms with Crippen LogP contribution >= 0.6 is 23.2 Å². The molecule has 0 bridgehead atoms. The van der Waals surface area contributed by atoms with Gasteiger partial charge in [-0.1, -0.05) is 35.3 Å². The van der Waals surface area contributed by atoms with E-state index >= 15 is 0 Å². The fourth-order valence-corrected chi connectivity index (χ4v) is 1.87. The molecule has 2 aromatic rings. The number of rotatable bonds is 1. The number of hydrogen-bond acceptors (Lipinski definition) is 0. The summed E-state index contributed by atoms with van der Waals surface area (Å²) in [5.41, 5.74) is 2.70. The van der Waals surface area contributed by atoms with Crippen molar-refractivity contribution in [1.29, 1.82) is 0 Å². The van der Waals surface area contributed by atoms with E-state index in [1.54, 1.807) is 18.2 Å². The van der Waals surface area contributed by atoms with E-state index in [9.17, 15) is 4.39 Å². The van der Waals surface area contributed by atoms with Gasteiger partial charge in [0.05, 0.1) is 10.0 Å². The van der Waals surface area contributed by atoms with E-state index in [2.05, 4.69) is 0 Å². The summed E-state index contributed by atoms with van der Waals surface area (Å²) >= 11 is 11.8. The summed E-state index contributed by atoms with van der Waals surface area (Å²) in [5, 5.41) is 0.974. The highest BCUT2D eigenvalue weighted by atomic mass is 35.5. The lowest BCUT2D eigenvalue weighted by atomic mass is 10.0. The largest absolute Gasteiger partial charge is 0.207 e. The smallest absolute Gasteiger partial charge is 0.123 e. The van der Waals surface area contributed by atoms with Gasteiger partial charge in [0.2, 0.25) is 0 Å². The Morgan fingerprint density at radius 1 is 0.938 bits per heavy atom. The Hall–Kier alpha value is -1.05. The summed E-state index contributed by atoms with van der Waals surface area (Å²) in [6, 6.07) is 9.96. The van der Waals surface area contributed by atoms with Crippen molar-refractivity contribution in [2.75, 3.05) is 0 Å². The molecule has 0 aliphatic carbocycles. The molecule has 2 aromatic carbocycles. The lowest BCUT2D eigenvalue weighted by molar-refractivity contribution is 0.628. The topological polar surface area (TPSA) is 0 Å². The first-order valence-electron chi connectivity index (χ1n) is 4.79. The molecule has 0 saturated heterocycles. The molecule has 0 radical (unpaired) electrons. The van der Waals surface area contributed by atoms with E-state index in [-0.39, 0.29) is 5.82 Å². The highest BCUT2D eigenvalue weighted by molar-refractivity contribution is 6.42. The van der Waals surface area contributed by atoms with E-state index < -0.39 is 0 Å². The molecule has 3 heteroatoms. The van der Waals surface area contributed by atoms with Crippen LogP contribution in [0, 0.1) is 12.7 Å². The Labute approximate surface area is 104 Å². The number of halogens is 3. The predicted molar refractivity (Wildman–Crippen MR) is 66.6 cm³/mol. The summed E-state index contributed by atoms with van der Waals surface area (Å²) in [4.78, 5) is 0. The number of hydrogen-bond donors (Lipinski definition) is 0. The van der Waals surface area contributed by atoms with Gasteiger partial charge in [0, 0.05) is 0 Å². The third-order valence-electron chi connectivity index (χ3n) is 2.43. The third kappa shape index (κ3) is 2.21. The maximum absolute atomic E-state index is 13.2. The molecule has 0 nitrogen and oxygen atoms in total. The second kappa shape index (κ2) is 4.44. The zero-order valence-corrected chi connectivity index (χ0v) is 10.1. The van der Waals surface area contributed by atoms with Gasteiger partial charge >= 0.3 is 0 Å². The molecule has 0 heterocycles. The van der Waals surface area contributed by atoms with Crippen molar-refractivity contribution in [2.24, 2.45) is 0 Å². The zero-order valence-electron chi connectivity index (χ0n) is 8.60. The molecule has 0 N–H and O–H groups in total. The molecule has 0 saturated carbocycles. The minimum Gasteiger partial charge on any atom is -0.207 e. The predicted octanol–water partition coefficient (Wildman–Crippen LogP) is 5.11. The molecular formula is C13H9Cl2F. The lowest BCUT2D eigenvalue weighted by Crippen LogP contribution is -1.85. The van der Waals surface area contributed by atoms with Crippen molar-refractivity contribution in [3.63, 3.8) is 0 Å². The Kier molecular flexibility index (Phi) is 3.17. The molecule has 16 heavy (non-hydrogen) atoms. The summed E-state index contributed by atoms with van der Waals surface area (Å²) in [6.07, 6.45) is 0. The summed E-state index contributed by atoms with van der Waals surface area (Å²) in [7, 11) is 0. The molecule has 0 amide bonds. The zero-order chi connectivity index (χ0) is 11.7. The standard InChI is InChI=1S/C13H9Cl2F/c1-8-2-4-10(16)7-11(8)9-3-5-12(14)13(15)6-9/h2-7H,1H3. The average Bonchev–Trinajstić information content (AvgIpc) is 2.26. The van der Waals surface area contributed by atoms with E-state index in [1.807, 2.05) is 13.0 Å². The molecule has 82 valence electrons. The van der Waals surface area contributed by atoms with Crippen LogP contribution in [0.4, 0.5) is 4.39 Å². The van der Waals surface area contributed by atoms with Gasteiger partial charge in [-0.15, -0.1) is 0 Å². The summed E-state index contributed by atoms with van der Waals surface area (Å²) in [5.74, 6) is -0.258. The van der Waals surface area contributed by atoms with Crippen LogP contribution in [0.15, 0.2) is 36.4 Å². The Morgan fingerprint density at radius 3 is 2.38 bits per heavy atom. The van der Waals surface area contributed by atoms with E-state index in [0.29, 0.717) is 10.0 Å². The molecule has 0 unspecified atom stereocenters. The van der Waals surface area contributed by atoms with Crippen LogP contribution in [0.3, 0.4) is 0 Å².